The number of hydrogen-bond donors (Lipinski definition) is 1. The molecule has 4 rings (SSSR count). The fourth-order valence-electron chi connectivity index (χ4n) is 3.71. The Labute approximate surface area is 180 Å². The maximum absolute atomic E-state index is 12.9. The van der Waals surface area contributed by atoms with Gasteiger partial charge in [-0.1, -0.05) is 18.6 Å². The molecule has 0 radical (unpaired) electrons. The van der Waals surface area contributed by atoms with Crippen LogP contribution in [0.3, 0.4) is 0 Å². The van der Waals surface area contributed by atoms with Crippen LogP contribution in [0.2, 0.25) is 0 Å². The second kappa shape index (κ2) is 9.20. The molecule has 1 atom stereocenters. The lowest BCUT2D eigenvalue weighted by molar-refractivity contribution is -0.116. The number of nitrogens with one attached hydrogen (secondary N) is 1. The summed E-state index contributed by atoms with van der Waals surface area (Å²) in [5, 5.41) is 4.64. The van der Waals surface area contributed by atoms with Gasteiger partial charge in [0.25, 0.3) is 10.0 Å². The molecule has 0 spiro atoms. The summed E-state index contributed by atoms with van der Waals surface area (Å²) >= 11 is 1.24. The van der Waals surface area contributed by atoms with Crippen molar-refractivity contribution in [3.63, 3.8) is 0 Å². The third kappa shape index (κ3) is 4.69. The van der Waals surface area contributed by atoms with Gasteiger partial charge < -0.3 is 14.8 Å². The fraction of sp³-hybridized carbons (Fsp3) is 0.381. The lowest BCUT2D eigenvalue weighted by atomic mass is 10.0. The number of benzene rings is 1. The Morgan fingerprint density at radius 3 is 2.93 bits per heavy atom. The van der Waals surface area contributed by atoms with Crippen LogP contribution in [-0.2, 0) is 14.8 Å². The molecule has 7 nitrogen and oxygen atoms in total. The van der Waals surface area contributed by atoms with Crippen LogP contribution in [0.4, 0.5) is 0 Å². The SMILES string of the molecule is O=C(/C=C/c1ccc2c(c1)OCO2)NCCC1CCCCN1S(=O)(=O)c1cccs1. The number of fused-ring (bicyclic) bond motifs is 1. The van der Waals surface area contributed by atoms with Gasteiger partial charge in [-0.05, 0) is 54.5 Å². The van der Waals surface area contributed by atoms with Crippen LogP contribution in [0, 0.1) is 0 Å². The molecule has 1 fully saturated rings. The number of amides is 1. The molecule has 1 unspecified atom stereocenters. The van der Waals surface area contributed by atoms with Gasteiger partial charge in [-0.25, -0.2) is 8.42 Å². The smallest absolute Gasteiger partial charge is 0.252 e. The van der Waals surface area contributed by atoms with Gasteiger partial charge in [-0.2, -0.15) is 4.31 Å². The average Bonchev–Trinajstić information content (AvgIpc) is 3.44. The highest BCUT2D eigenvalue weighted by atomic mass is 32.2. The predicted molar refractivity (Wildman–Crippen MR) is 115 cm³/mol. The van der Waals surface area contributed by atoms with E-state index in [1.165, 1.54) is 17.4 Å². The van der Waals surface area contributed by atoms with Crippen molar-refractivity contribution in [2.75, 3.05) is 19.9 Å². The van der Waals surface area contributed by atoms with Gasteiger partial charge in [0.2, 0.25) is 12.7 Å². The first-order valence-corrected chi connectivity index (χ1v) is 12.3. The summed E-state index contributed by atoms with van der Waals surface area (Å²) < 4.78 is 38.4. The van der Waals surface area contributed by atoms with Gasteiger partial charge in [0.1, 0.15) is 4.21 Å². The molecule has 0 bridgehead atoms. The fourth-order valence-corrected chi connectivity index (χ4v) is 6.56. The molecular formula is C21H24N2O5S2. The molecule has 2 aromatic rings. The van der Waals surface area contributed by atoms with E-state index in [1.807, 2.05) is 18.2 Å². The minimum atomic E-state index is -3.47. The molecule has 30 heavy (non-hydrogen) atoms. The Morgan fingerprint density at radius 2 is 2.10 bits per heavy atom. The van der Waals surface area contributed by atoms with Crippen LogP contribution in [-0.4, -0.2) is 44.6 Å². The average molecular weight is 449 g/mol. The molecule has 1 N–H and O–H groups in total. The van der Waals surface area contributed by atoms with Crippen molar-refractivity contribution in [1.82, 2.24) is 9.62 Å². The molecule has 0 saturated carbocycles. The van der Waals surface area contributed by atoms with Gasteiger partial charge in [-0.3, -0.25) is 4.79 Å². The second-order valence-electron chi connectivity index (χ2n) is 7.22. The van der Waals surface area contributed by atoms with Crippen molar-refractivity contribution in [2.24, 2.45) is 0 Å². The molecule has 1 aromatic heterocycles. The number of ether oxygens (including phenoxy) is 2. The molecular weight excluding hydrogens is 424 g/mol. The Hall–Kier alpha value is -2.36. The minimum absolute atomic E-state index is 0.0935. The molecule has 1 aromatic carbocycles. The van der Waals surface area contributed by atoms with E-state index in [1.54, 1.807) is 27.9 Å². The lowest BCUT2D eigenvalue weighted by Crippen LogP contribution is -2.44. The molecule has 9 heteroatoms. The van der Waals surface area contributed by atoms with E-state index in [2.05, 4.69) is 5.32 Å². The van der Waals surface area contributed by atoms with Crippen molar-refractivity contribution in [3.05, 3.63) is 47.4 Å². The van der Waals surface area contributed by atoms with E-state index in [9.17, 15) is 13.2 Å². The molecule has 1 saturated heterocycles. The number of rotatable bonds is 7. The number of hydrogen-bond acceptors (Lipinski definition) is 6. The standard InChI is InChI=1S/C21H24N2O5S2/c24-20(9-7-16-6-8-18-19(14-16)28-15-27-18)22-11-10-17-4-1-2-12-23(17)30(25,26)21-5-3-13-29-21/h3,5-9,13-14,17H,1-2,4,10-12,15H2,(H,22,24)/b9-7+. The maximum Gasteiger partial charge on any atom is 0.252 e. The van der Waals surface area contributed by atoms with Crippen LogP contribution in [0.1, 0.15) is 31.2 Å². The van der Waals surface area contributed by atoms with Crippen LogP contribution in [0.15, 0.2) is 46.0 Å². The van der Waals surface area contributed by atoms with Crippen LogP contribution in [0.25, 0.3) is 6.08 Å². The normalized spacial score (nSPS) is 19.3. The second-order valence-corrected chi connectivity index (χ2v) is 10.3. The van der Waals surface area contributed by atoms with E-state index in [4.69, 9.17) is 9.47 Å². The highest BCUT2D eigenvalue weighted by Gasteiger charge is 2.33. The summed E-state index contributed by atoms with van der Waals surface area (Å²) in [4.78, 5) is 12.2. The third-order valence-corrected chi connectivity index (χ3v) is 8.56. The highest BCUT2D eigenvalue weighted by molar-refractivity contribution is 7.91. The largest absolute Gasteiger partial charge is 0.454 e. The zero-order valence-corrected chi connectivity index (χ0v) is 18.1. The quantitative estimate of drug-likeness (QED) is 0.658. The van der Waals surface area contributed by atoms with Gasteiger partial charge >= 0.3 is 0 Å². The van der Waals surface area contributed by atoms with Gasteiger partial charge in [0.15, 0.2) is 11.5 Å². The van der Waals surface area contributed by atoms with Crippen molar-refractivity contribution in [2.45, 2.75) is 35.9 Å². The Kier molecular flexibility index (Phi) is 6.40. The number of thiophene rings is 1. The Morgan fingerprint density at radius 1 is 1.23 bits per heavy atom. The summed E-state index contributed by atoms with van der Waals surface area (Å²) in [6.07, 6.45) is 6.45. The Balaban J connectivity index is 1.31. The minimum Gasteiger partial charge on any atom is -0.454 e. The third-order valence-electron chi connectivity index (χ3n) is 5.23. The number of nitrogens with zero attached hydrogens (tertiary/aromatic N) is 1. The number of carbonyl (C=O) groups excluding carboxylic acids is 1. The van der Waals surface area contributed by atoms with Crippen molar-refractivity contribution >= 4 is 33.3 Å². The summed E-state index contributed by atoms with van der Waals surface area (Å²) in [6, 6.07) is 8.79. The predicted octanol–water partition coefficient (Wildman–Crippen LogP) is 3.24. The molecule has 1 amide bonds. The molecule has 2 aliphatic rings. The first kappa shape index (κ1) is 20.9. The van der Waals surface area contributed by atoms with Crippen molar-refractivity contribution in [3.8, 4) is 11.5 Å². The molecule has 3 heterocycles. The number of piperidine rings is 1. The monoisotopic (exact) mass is 448 g/mol. The highest BCUT2D eigenvalue weighted by Crippen LogP contribution is 2.33. The Bertz CT molecular complexity index is 1020. The first-order chi connectivity index (χ1) is 14.5. The van der Waals surface area contributed by atoms with E-state index < -0.39 is 10.0 Å². The van der Waals surface area contributed by atoms with Crippen molar-refractivity contribution < 1.29 is 22.7 Å². The van der Waals surface area contributed by atoms with E-state index in [0.29, 0.717) is 35.2 Å². The van der Waals surface area contributed by atoms with E-state index in [-0.39, 0.29) is 18.7 Å². The summed E-state index contributed by atoms with van der Waals surface area (Å²) in [5.74, 6) is 1.16. The summed E-state index contributed by atoms with van der Waals surface area (Å²) in [7, 11) is -3.47. The zero-order chi connectivity index (χ0) is 21.0. The number of carbonyl (C=O) groups is 1. The van der Waals surface area contributed by atoms with Crippen LogP contribution >= 0.6 is 11.3 Å². The zero-order valence-electron chi connectivity index (χ0n) is 16.5. The molecule has 2 aliphatic heterocycles. The summed E-state index contributed by atoms with van der Waals surface area (Å²) in [6.45, 7) is 1.16. The number of sulfonamides is 1. The molecule has 0 aliphatic carbocycles. The maximum atomic E-state index is 12.9. The van der Waals surface area contributed by atoms with Gasteiger partial charge in [-0.15, -0.1) is 11.3 Å². The van der Waals surface area contributed by atoms with Crippen LogP contribution < -0.4 is 14.8 Å². The first-order valence-electron chi connectivity index (χ1n) is 9.95. The topological polar surface area (TPSA) is 84.9 Å². The van der Waals surface area contributed by atoms with Gasteiger partial charge in [0.05, 0.1) is 0 Å². The van der Waals surface area contributed by atoms with Gasteiger partial charge in [0, 0.05) is 25.2 Å². The summed E-state index contributed by atoms with van der Waals surface area (Å²) in [5.41, 5.74) is 0.842. The van der Waals surface area contributed by atoms with E-state index >= 15 is 0 Å². The van der Waals surface area contributed by atoms with Crippen molar-refractivity contribution in [1.29, 1.82) is 0 Å². The van der Waals surface area contributed by atoms with Crippen LogP contribution in [0.5, 0.6) is 11.5 Å². The molecule has 160 valence electrons. The lowest BCUT2D eigenvalue weighted by Gasteiger charge is -2.34. The van der Waals surface area contributed by atoms with E-state index in [0.717, 1.165) is 24.8 Å².